The van der Waals surface area contributed by atoms with Crippen LogP contribution < -0.4 is 5.32 Å². The second-order valence-corrected chi connectivity index (χ2v) is 12.4. The first-order chi connectivity index (χ1) is 23.3. The number of para-hydroxylation sites is 1. The fourth-order valence-electron chi connectivity index (χ4n) is 7.45. The van der Waals surface area contributed by atoms with E-state index in [1.807, 2.05) is 54.6 Å². The van der Waals surface area contributed by atoms with Gasteiger partial charge in [-0.3, -0.25) is 19.2 Å². The third-order valence-electron chi connectivity index (χ3n) is 9.55. The van der Waals surface area contributed by atoms with E-state index in [0.717, 1.165) is 11.1 Å². The number of allylic oxidation sites excluding steroid dienone is 1. The molecule has 0 unspecified atom stereocenters. The Balaban J connectivity index is 1.27. The lowest BCUT2D eigenvalue weighted by atomic mass is 9.70. The fourth-order valence-corrected chi connectivity index (χ4v) is 7.45. The van der Waals surface area contributed by atoms with Gasteiger partial charge in [-0.25, -0.2) is 4.68 Å². The summed E-state index contributed by atoms with van der Waals surface area (Å²) >= 11 is 0. The molecule has 6 atom stereocenters. The van der Waals surface area contributed by atoms with Gasteiger partial charge in [-0.15, -0.1) is 18.3 Å². The highest BCUT2D eigenvalue weighted by atomic mass is 16.5. The molecule has 3 amide bonds. The Morgan fingerprint density at radius 3 is 2.67 bits per heavy atom. The van der Waals surface area contributed by atoms with Crippen molar-refractivity contribution in [1.82, 2.24) is 30.1 Å². The maximum atomic E-state index is 14.5. The molecule has 0 saturated carbocycles. The van der Waals surface area contributed by atoms with E-state index in [4.69, 9.17) is 9.47 Å². The monoisotopic (exact) mass is 656 g/mol. The summed E-state index contributed by atoms with van der Waals surface area (Å²) < 4.78 is 13.7. The van der Waals surface area contributed by atoms with Crippen LogP contribution in [0.4, 0.5) is 0 Å². The summed E-state index contributed by atoms with van der Waals surface area (Å²) in [6.45, 7) is 7.09. The van der Waals surface area contributed by atoms with E-state index < -0.39 is 59.3 Å². The minimum atomic E-state index is -1.26. The molecule has 4 heterocycles. The number of rotatable bonds is 15. The first kappa shape index (κ1) is 33.0. The van der Waals surface area contributed by atoms with Crippen molar-refractivity contribution >= 4 is 34.7 Å². The first-order valence-electron chi connectivity index (χ1n) is 16.2. The first-order valence-corrected chi connectivity index (χ1v) is 16.2. The molecule has 1 aromatic heterocycles. The quantitative estimate of drug-likeness (QED) is 0.185. The summed E-state index contributed by atoms with van der Waals surface area (Å²) in [6.07, 6.45) is 4.14. The van der Waals surface area contributed by atoms with E-state index in [1.165, 1.54) is 9.80 Å². The highest BCUT2D eigenvalue weighted by molar-refractivity contribution is 5.99. The number of ether oxygens (including phenoxy) is 2. The predicted octanol–water partition coefficient (Wildman–Crippen LogP) is 2.14. The van der Waals surface area contributed by atoms with Crippen LogP contribution in [0, 0.1) is 11.8 Å². The highest BCUT2D eigenvalue weighted by Gasteiger charge is 2.74. The van der Waals surface area contributed by atoms with Crippen molar-refractivity contribution < 1.29 is 33.8 Å². The van der Waals surface area contributed by atoms with Crippen LogP contribution in [0.2, 0.25) is 0 Å². The molecular formula is C35H40N6O7. The van der Waals surface area contributed by atoms with E-state index in [9.17, 15) is 24.3 Å². The van der Waals surface area contributed by atoms with Crippen LogP contribution >= 0.6 is 0 Å². The molecule has 48 heavy (non-hydrogen) atoms. The Morgan fingerprint density at radius 2 is 1.92 bits per heavy atom. The smallest absolute Gasteiger partial charge is 0.306 e. The van der Waals surface area contributed by atoms with Gasteiger partial charge in [0, 0.05) is 19.5 Å². The zero-order chi connectivity index (χ0) is 33.8. The Kier molecular flexibility index (Phi) is 9.69. The highest BCUT2D eigenvalue weighted by Crippen LogP contribution is 2.58. The molecule has 2 N–H and O–H groups in total. The van der Waals surface area contributed by atoms with Crippen molar-refractivity contribution in [1.29, 1.82) is 0 Å². The lowest BCUT2D eigenvalue weighted by Crippen LogP contribution is -2.57. The molecule has 0 radical (unpaired) electrons. The van der Waals surface area contributed by atoms with Crippen LogP contribution in [-0.2, 0) is 35.3 Å². The Labute approximate surface area is 278 Å². The average Bonchev–Trinajstić information content (AvgIpc) is 3.85. The summed E-state index contributed by atoms with van der Waals surface area (Å²) in [5.74, 6) is -3.48. The van der Waals surface area contributed by atoms with Crippen molar-refractivity contribution in [3.63, 3.8) is 0 Å². The van der Waals surface area contributed by atoms with Gasteiger partial charge in [0.1, 0.15) is 30.4 Å². The normalized spacial score (nSPS) is 24.7. The molecular weight excluding hydrogens is 616 g/mol. The number of hydrogen-bond donors (Lipinski definition) is 2. The second kappa shape index (κ2) is 14.1. The lowest BCUT2D eigenvalue weighted by Gasteiger charge is -2.36. The van der Waals surface area contributed by atoms with E-state index in [-0.39, 0.29) is 39.4 Å². The molecule has 6 rings (SSSR count). The fraction of sp³-hybridized carbons (Fsp3) is 0.429. The topological polar surface area (TPSA) is 156 Å². The third kappa shape index (κ3) is 5.99. The number of nitrogens with zero attached hydrogens (tertiary/aromatic N) is 5. The molecule has 2 bridgehead atoms. The van der Waals surface area contributed by atoms with E-state index >= 15 is 0 Å². The van der Waals surface area contributed by atoms with Crippen LogP contribution in [0.1, 0.15) is 37.3 Å². The van der Waals surface area contributed by atoms with Gasteiger partial charge in [-0.05, 0) is 37.0 Å². The molecule has 0 aliphatic carbocycles. The Hall–Kier alpha value is -4.88. The number of carbonyl (C=O) groups excluding carboxylic acids is 4. The van der Waals surface area contributed by atoms with Crippen molar-refractivity contribution in [2.24, 2.45) is 11.8 Å². The number of carbonyl (C=O) groups is 4. The van der Waals surface area contributed by atoms with Crippen LogP contribution in [-0.4, -0.2) is 97.6 Å². The van der Waals surface area contributed by atoms with E-state index in [2.05, 4.69) is 28.8 Å². The molecule has 3 fully saturated rings. The number of likely N-dealkylation sites (tertiary alicyclic amines) is 1. The average molecular weight is 657 g/mol. The van der Waals surface area contributed by atoms with Crippen molar-refractivity contribution in [3.05, 3.63) is 85.5 Å². The van der Waals surface area contributed by atoms with Gasteiger partial charge in [0.2, 0.25) is 17.7 Å². The Bertz CT molecular complexity index is 1690. The van der Waals surface area contributed by atoms with Gasteiger partial charge in [-0.2, -0.15) is 0 Å². The standard InChI is InChI=1S/C35H40N6O7/c1-3-5-15-28(43)47-21-25(23-11-7-6-8-12-23)36-32(44)29-27-16-17-35(48-27)30(29)33(45)40(19-20-42)31(35)34(46)39(18-4-2)22-41-26-14-10-9-13-24(26)37-38-41/h3-4,6-14,25,27,29-31,42H,1-2,5,15-22H2,(H,36,44)/t25-,27-,29+,30+,31-,35+/m0/s1. The molecule has 252 valence electrons. The molecule has 1 spiro atoms. The second-order valence-electron chi connectivity index (χ2n) is 12.4. The largest absolute Gasteiger partial charge is 0.463 e. The molecule has 3 aliphatic heterocycles. The Morgan fingerprint density at radius 1 is 1.15 bits per heavy atom. The molecule has 3 saturated heterocycles. The maximum absolute atomic E-state index is 14.5. The molecule has 13 nitrogen and oxygen atoms in total. The maximum Gasteiger partial charge on any atom is 0.306 e. The van der Waals surface area contributed by atoms with Crippen LogP contribution in [0.15, 0.2) is 79.9 Å². The number of fused-ring (bicyclic) bond motifs is 2. The van der Waals surface area contributed by atoms with Crippen LogP contribution in [0.25, 0.3) is 11.0 Å². The molecule has 3 aliphatic rings. The molecule has 13 heteroatoms. The number of β-amino-alcohol motifs (C(OH)–C–C–N with tert-alkyl or cyclic N) is 1. The van der Waals surface area contributed by atoms with E-state index in [0.29, 0.717) is 24.8 Å². The zero-order valence-electron chi connectivity index (χ0n) is 26.6. The van der Waals surface area contributed by atoms with Crippen molar-refractivity contribution in [2.45, 2.75) is 56.1 Å². The number of aliphatic hydroxyl groups excluding tert-OH is 1. The number of hydrogen-bond acceptors (Lipinski definition) is 9. The van der Waals surface area contributed by atoms with Gasteiger partial charge < -0.3 is 29.7 Å². The molecule has 3 aromatic rings. The summed E-state index contributed by atoms with van der Waals surface area (Å²) in [5, 5.41) is 21.4. The van der Waals surface area contributed by atoms with Crippen molar-refractivity contribution in [3.8, 4) is 0 Å². The summed E-state index contributed by atoms with van der Waals surface area (Å²) in [4.78, 5) is 58.1. The summed E-state index contributed by atoms with van der Waals surface area (Å²) in [6, 6.07) is 14.8. The van der Waals surface area contributed by atoms with Crippen molar-refractivity contribution in [2.75, 3.05) is 26.3 Å². The summed E-state index contributed by atoms with van der Waals surface area (Å²) in [7, 11) is 0. The molecule has 2 aromatic carbocycles. The number of aliphatic hydroxyl groups is 1. The van der Waals surface area contributed by atoms with E-state index in [1.54, 1.807) is 16.8 Å². The van der Waals surface area contributed by atoms with Crippen LogP contribution in [0.5, 0.6) is 0 Å². The number of nitrogens with one attached hydrogen (secondary N) is 1. The van der Waals surface area contributed by atoms with Gasteiger partial charge in [-0.1, -0.05) is 59.8 Å². The predicted molar refractivity (Wildman–Crippen MR) is 174 cm³/mol. The minimum absolute atomic E-state index is 0.0430. The number of amides is 3. The van der Waals surface area contributed by atoms with Gasteiger partial charge >= 0.3 is 5.97 Å². The summed E-state index contributed by atoms with van der Waals surface area (Å²) in [5.41, 5.74) is 0.875. The van der Waals surface area contributed by atoms with Gasteiger partial charge in [0.05, 0.1) is 36.1 Å². The minimum Gasteiger partial charge on any atom is -0.463 e. The number of aromatic nitrogens is 3. The lowest BCUT2D eigenvalue weighted by molar-refractivity contribution is -0.149. The number of benzene rings is 2. The SMILES string of the molecule is C=CCCC(=O)OC[C@H](NC(=O)[C@@H]1[C@@H]2CC[C@]3(O2)[C@H](C(=O)N(CC=C)Cn2nnc4ccccc42)N(CCO)C(=O)[C@@H]13)c1ccccc1. The zero-order valence-corrected chi connectivity index (χ0v) is 26.6. The van der Waals surface area contributed by atoms with Crippen LogP contribution in [0.3, 0.4) is 0 Å². The van der Waals surface area contributed by atoms with Gasteiger partial charge in [0.15, 0.2) is 0 Å². The number of esters is 1. The van der Waals surface area contributed by atoms with Gasteiger partial charge in [0.25, 0.3) is 0 Å². The third-order valence-corrected chi connectivity index (χ3v) is 9.55.